The molecule has 128 valence electrons. The van der Waals surface area contributed by atoms with Crippen LogP contribution < -0.4 is 4.90 Å². The lowest BCUT2D eigenvalue weighted by molar-refractivity contribution is 0.861. The second-order valence-electron chi connectivity index (χ2n) is 6.05. The number of benzene rings is 2. The van der Waals surface area contributed by atoms with Gasteiger partial charge in [-0.25, -0.2) is 14.6 Å². The molecular formula is C21H19N5. The second-order valence-corrected chi connectivity index (χ2v) is 6.05. The van der Waals surface area contributed by atoms with E-state index >= 15 is 0 Å². The fraction of sp³-hybridized carbons (Fsp3) is 0.0952. The van der Waals surface area contributed by atoms with Gasteiger partial charge in [-0.15, -0.1) is 0 Å². The highest BCUT2D eigenvalue weighted by molar-refractivity contribution is 5.63. The summed E-state index contributed by atoms with van der Waals surface area (Å²) < 4.78 is 1.93. The van der Waals surface area contributed by atoms with Crippen molar-refractivity contribution in [2.45, 2.75) is 6.54 Å². The van der Waals surface area contributed by atoms with Gasteiger partial charge >= 0.3 is 0 Å². The van der Waals surface area contributed by atoms with Crippen molar-refractivity contribution in [3.05, 3.63) is 90.9 Å². The molecule has 0 unspecified atom stereocenters. The summed E-state index contributed by atoms with van der Waals surface area (Å²) in [4.78, 5) is 10.7. The molecule has 0 atom stereocenters. The first-order valence-corrected chi connectivity index (χ1v) is 8.49. The molecule has 0 radical (unpaired) electrons. The first-order valence-electron chi connectivity index (χ1n) is 8.49. The van der Waals surface area contributed by atoms with Crippen molar-refractivity contribution in [2.24, 2.45) is 0 Å². The Balaban J connectivity index is 1.73. The second kappa shape index (κ2) is 7.19. The van der Waals surface area contributed by atoms with E-state index in [0.717, 1.165) is 22.5 Å². The van der Waals surface area contributed by atoms with E-state index in [0.29, 0.717) is 12.5 Å². The molecule has 26 heavy (non-hydrogen) atoms. The number of anilines is 1. The molecule has 4 aromatic rings. The lowest BCUT2D eigenvalue weighted by atomic mass is 10.1. The van der Waals surface area contributed by atoms with E-state index in [1.807, 2.05) is 59.1 Å². The summed E-state index contributed by atoms with van der Waals surface area (Å²) in [5, 5.41) is 4.85. The highest BCUT2D eigenvalue weighted by atomic mass is 15.3. The van der Waals surface area contributed by atoms with Gasteiger partial charge in [-0.2, -0.15) is 5.10 Å². The molecule has 0 bridgehead atoms. The molecule has 0 amide bonds. The summed E-state index contributed by atoms with van der Waals surface area (Å²) in [5.74, 6) is 0.693. The summed E-state index contributed by atoms with van der Waals surface area (Å²) >= 11 is 0. The molecule has 0 aliphatic carbocycles. The monoisotopic (exact) mass is 341 g/mol. The van der Waals surface area contributed by atoms with Gasteiger partial charge in [0.1, 0.15) is 0 Å². The van der Waals surface area contributed by atoms with Gasteiger partial charge in [-0.1, -0.05) is 48.5 Å². The Bertz CT molecular complexity index is 965. The SMILES string of the molecule is CN(Cc1cn(-c2ccccc2)nc1-c1ccccc1)c1ncccn1. The fourth-order valence-corrected chi connectivity index (χ4v) is 2.89. The molecule has 4 rings (SSSR count). The van der Waals surface area contributed by atoms with Gasteiger partial charge in [0.2, 0.25) is 5.95 Å². The standard InChI is InChI=1S/C21H19N5/c1-25(21-22-13-8-14-23-21)15-18-16-26(19-11-6-3-7-12-19)24-20(18)17-9-4-2-5-10-17/h2-14,16H,15H2,1H3. The lowest BCUT2D eigenvalue weighted by Crippen LogP contribution is -2.18. The number of aromatic nitrogens is 4. The van der Waals surface area contributed by atoms with Crippen LogP contribution in [0.2, 0.25) is 0 Å². The predicted octanol–water partition coefficient (Wildman–Crippen LogP) is 3.97. The number of para-hydroxylation sites is 1. The Morgan fingerprint density at radius 3 is 2.19 bits per heavy atom. The molecular weight excluding hydrogens is 322 g/mol. The quantitative estimate of drug-likeness (QED) is 0.551. The van der Waals surface area contributed by atoms with Gasteiger partial charge in [-0.3, -0.25) is 0 Å². The first kappa shape index (κ1) is 16.0. The topological polar surface area (TPSA) is 46.8 Å². The first-order chi connectivity index (χ1) is 12.8. The number of nitrogens with zero attached hydrogens (tertiary/aromatic N) is 5. The smallest absolute Gasteiger partial charge is 0.225 e. The predicted molar refractivity (Wildman–Crippen MR) is 103 cm³/mol. The van der Waals surface area contributed by atoms with Gasteiger partial charge < -0.3 is 4.90 Å². The van der Waals surface area contributed by atoms with Crippen LogP contribution in [0.3, 0.4) is 0 Å². The van der Waals surface area contributed by atoms with Crippen LogP contribution in [0.1, 0.15) is 5.56 Å². The highest BCUT2D eigenvalue weighted by Gasteiger charge is 2.15. The molecule has 0 saturated carbocycles. The lowest BCUT2D eigenvalue weighted by Gasteiger charge is -2.16. The van der Waals surface area contributed by atoms with Gasteiger partial charge in [0.25, 0.3) is 0 Å². The maximum absolute atomic E-state index is 4.85. The third-order valence-corrected chi connectivity index (χ3v) is 4.16. The van der Waals surface area contributed by atoms with Crippen LogP contribution in [-0.4, -0.2) is 26.8 Å². The zero-order valence-electron chi connectivity index (χ0n) is 14.5. The Kier molecular flexibility index (Phi) is 4.43. The molecule has 0 N–H and O–H groups in total. The van der Waals surface area contributed by atoms with Crippen molar-refractivity contribution < 1.29 is 0 Å². The number of hydrogen-bond acceptors (Lipinski definition) is 4. The van der Waals surface area contributed by atoms with Gasteiger partial charge in [0.05, 0.1) is 11.4 Å². The Morgan fingerprint density at radius 1 is 0.846 bits per heavy atom. The zero-order valence-corrected chi connectivity index (χ0v) is 14.5. The van der Waals surface area contributed by atoms with Crippen LogP contribution in [0.5, 0.6) is 0 Å². The minimum atomic E-state index is 0.668. The molecule has 2 aromatic heterocycles. The van der Waals surface area contributed by atoms with Crippen LogP contribution >= 0.6 is 0 Å². The van der Waals surface area contributed by atoms with Crippen LogP contribution in [0.4, 0.5) is 5.95 Å². The van der Waals surface area contributed by atoms with E-state index in [2.05, 4.69) is 40.4 Å². The average molecular weight is 341 g/mol. The highest BCUT2D eigenvalue weighted by Crippen LogP contribution is 2.25. The molecule has 0 fully saturated rings. The number of rotatable bonds is 5. The molecule has 0 spiro atoms. The normalized spacial score (nSPS) is 10.7. The Morgan fingerprint density at radius 2 is 1.50 bits per heavy atom. The summed E-state index contributed by atoms with van der Waals surface area (Å²) in [7, 11) is 1.99. The van der Waals surface area contributed by atoms with Gasteiger partial charge in [0.15, 0.2) is 0 Å². The van der Waals surface area contributed by atoms with Crippen LogP contribution in [0.15, 0.2) is 85.3 Å². The molecule has 2 aromatic carbocycles. The maximum atomic E-state index is 4.85. The minimum absolute atomic E-state index is 0.668. The van der Waals surface area contributed by atoms with E-state index in [1.165, 1.54) is 0 Å². The fourth-order valence-electron chi connectivity index (χ4n) is 2.89. The molecule has 5 nitrogen and oxygen atoms in total. The molecule has 0 aliphatic heterocycles. The molecule has 2 heterocycles. The average Bonchev–Trinajstić information content (AvgIpc) is 3.14. The Labute approximate surface area is 152 Å². The largest absolute Gasteiger partial charge is 0.339 e. The van der Waals surface area contributed by atoms with E-state index in [9.17, 15) is 0 Å². The van der Waals surface area contributed by atoms with E-state index in [-0.39, 0.29) is 0 Å². The summed E-state index contributed by atoms with van der Waals surface area (Å²) in [5.41, 5.74) is 4.22. The van der Waals surface area contributed by atoms with Crippen molar-refractivity contribution in [1.29, 1.82) is 0 Å². The van der Waals surface area contributed by atoms with Gasteiger partial charge in [0, 0.05) is 43.3 Å². The van der Waals surface area contributed by atoms with E-state index in [1.54, 1.807) is 12.4 Å². The van der Waals surface area contributed by atoms with Crippen molar-refractivity contribution >= 4 is 5.95 Å². The van der Waals surface area contributed by atoms with Crippen molar-refractivity contribution in [1.82, 2.24) is 19.7 Å². The summed E-state index contributed by atoms with van der Waals surface area (Å²) in [6.45, 7) is 0.668. The van der Waals surface area contributed by atoms with Crippen molar-refractivity contribution in [3.63, 3.8) is 0 Å². The number of hydrogen-bond donors (Lipinski definition) is 0. The van der Waals surface area contributed by atoms with Crippen molar-refractivity contribution in [3.8, 4) is 16.9 Å². The molecule has 5 heteroatoms. The third-order valence-electron chi connectivity index (χ3n) is 4.16. The van der Waals surface area contributed by atoms with E-state index in [4.69, 9.17) is 5.10 Å². The van der Waals surface area contributed by atoms with Gasteiger partial charge in [-0.05, 0) is 18.2 Å². The van der Waals surface area contributed by atoms with Crippen LogP contribution in [0, 0.1) is 0 Å². The summed E-state index contributed by atoms with van der Waals surface area (Å²) in [6, 6.07) is 22.2. The maximum Gasteiger partial charge on any atom is 0.225 e. The molecule has 0 aliphatic rings. The zero-order chi connectivity index (χ0) is 17.8. The van der Waals surface area contributed by atoms with Crippen molar-refractivity contribution in [2.75, 3.05) is 11.9 Å². The molecule has 0 saturated heterocycles. The summed E-state index contributed by atoms with van der Waals surface area (Å²) in [6.07, 6.45) is 5.59. The third kappa shape index (κ3) is 3.32. The van der Waals surface area contributed by atoms with Crippen LogP contribution in [-0.2, 0) is 6.54 Å². The van der Waals surface area contributed by atoms with E-state index < -0.39 is 0 Å². The van der Waals surface area contributed by atoms with Crippen LogP contribution in [0.25, 0.3) is 16.9 Å². The Hall–Kier alpha value is -3.47. The minimum Gasteiger partial charge on any atom is -0.339 e.